The number of benzene rings is 3. The summed E-state index contributed by atoms with van der Waals surface area (Å²) in [5.41, 5.74) is 1.44. The predicted molar refractivity (Wildman–Crippen MR) is 107 cm³/mol. The van der Waals surface area contributed by atoms with E-state index in [0.717, 1.165) is 0 Å². The van der Waals surface area contributed by atoms with Gasteiger partial charge in [-0.1, -0.05) is 53.5 Å². The minimum atomic E-state index is -0.335. The Bertz CT molecular complexity index is 1110. The van der Waals surface area contributed by atoms with E-state index in [0.29, 0.717) is 38.2 Å². The van der Waals surface area contributed by atoms with Crippen LogP contribution < -0.4 is 9.47 Å². The molecule has 3 nitrogen and oxygen atoms in total. The number of carbonyl (C=O) groups excluding carboxylic acids is 1. The van der Waals surface area contributed by atoms with Gasteiger partial charge in [-0.2, -0.15) is 0 Å². The summed E-state index contributed by atoms with van der Waals surface area (Å²) in [6.45, 7) is 0.0697. The monoisotopic (exact) mass is 414 g/mol. The van der Waals surface area contributed by atoms with E-state index in [-0.39, 0.29) is 24.0 Å². The van der Waals surface area contributed by atoms with E-state index < -0.39 is 0 Å². The molecule has 0 radical (unpaired) electrons. The lowest BCUT2D eigenvalue weighted by Gasteiger charge is -2.08. The molecule has 0 amide bonds. The van der Waals surface area contributed by atoms with E-state index in [9.17, 15) is 9.18 Å². The van der Waals surface area contributed by atoms with Crippen molar-refractivity contribution in [1.82, 2.24) is 0 Å². The number of halogens is 3. The molecule has 6 heteroatoms. The highest BCUT2D eigenvalue weighted by Gasteiger charge is 2.28. The molecule has 0 atom stereocenters. The van der Waals surface area contributed by atoms with E-state index in [1.54, 1.807) is 60.7 Å². The molecule has 0 saturated carbocycles. The van der Waals surface area contributed by atoms with Crippen molar-refractivity contribution in [3.63, 3.8) is 0 Å². The highest BCUT2D eigenvalue weighted by molar-refractivity contribution is 6.43. The van der Waals surface area contributed by atoms with E-state index in [1.807, 2.05) is 0 Å². The third-order valence-electron chi connectivity index (χ3n) is 4.26. The molecule has 0 fully saturated rings. The molecule has 28 heavy (non-hydrogen) atoms. The van der Waals surface area contributed by atoms with Crippen LogP contribution >= 0.6 is 23.2 Å². The van der Waals surface area contributed by atoms with Gasteiger partial charge in [0, 0.05) is 11.6 Å². The summed E-state index contributed by atoms with van der Waals surface area (Å²) in [4.78, 5) is 12.6. The van der Waals surface area contributed by atoms with Crippen LogP contribution in [0.3, 0.4) is 0 Å². The molecule has 0 spiro atoms. The second-order valence-electron chi connectivity index (χ2n) is 6.12. The van der Waals surface area contributed by atoms with Gasteiger partial charge in [0.15, 0.2) is 5.76 Å². The van der Waals surface area contributed by atoms with Crippen molar-refractivity contribution in [1.29, 1.82) is 0 Å². The van der Waals surface area contributed by atoms with Crippen molar-refractivity contribution in [2.75, 3.05) is 0 Å². The van der Waals surface area contributed by atoms with Gasteiger partial charge in [0.1, 0.15) is 23.9 Å². The highest BCUT2D eigenvalue weighted by Crippen LogP contribution is 2.36. The summed E-state index contributed by atoms with van der Waals surface area (Å²) in [5, 5.41) is 0.737. The Balaban J connectivity index is 1.55. The molecule has 3 aromatic rings. The zero-order valence-electron chi connectivity index (χ0n) is 14.4. The number of rotatable bonds is 4. The number of hydrogen-bond donors (Lipinski definition) is 0. The van der Waals surface area contributed by atoms with Crippen LogP contribution in [0.2, 0.25) is 10.0 Å². The van der Waals surface area contributed by atoms with Gasteiger partial charge in [-0.05, 0) is 35.9 Å². The molecule has 140 valence electrons. The zero-order valence-corrected chi connectivity index (χ0v) is 15.9. The van der Waals surface area contributed by atoms with Crippen LogP contribution in [0.1, 0.15) is 21.5 Å². The quantitative estimate of drug-likeness (QED) is 0.468. The standard InChI is InChI=1S/C22H13Cl2FO3/c23-17-6-3-5-13(21(17)24)10-20-22(26)16-9-8-15(11-19(16)28-20)27-12-14-4-1-2-7-18(14)25/h1-11H,12H2/b20-10-. The summed E-state index contributed by atoms with van der Waals surface area (Å²) in [6.07, 6.45) is 1.55. The van der Waals surface area contributed by atoms with E-state index in [2.05, 4.69) is 0 Å². The first-order valence-corrected chi connectivity index (χ1v) is 9.17. The smallest absolute Gasteiger partial charge is 0.231 e. The van der Waals surface area contributed by atoms with Crippen LogP contribution in [-0.2, 0) is 6.61 Å². The second kappa shape index (κ2) is 7.66. The van der Waals surface area contributed by atoms with Gasteiger partial charge in [-0.25, -0.2) is 4.39 Å². The van der Waals surface area contributed by atoms with E-state index >= 15 is 0 Å². The largest absolute Gasteiger partial charge is 0.489 e. The van der Waals surface area contributed by atoms with E-state index in [4.69, 9.17) is 32.7 Å². The molecule has 4 rings (SSSR count). The Morgan fingerprint density at radius 1 is 1.04 bits per heavy atom. The number of fused-ring (bicyclic) bond motifs is 1. The number of ketones is 1. The van der Waals surface area contributed by atoms with E-state index in [1.165, 1.54) is 6.07 Å². The van der Waals surface area contributed by atoms with Gasteiger partial charge in [0.05, 0.1) is 15.6 Å². The fourth-order valence-corrected chi connectivity index (χ4v) is 3.17. The summed E-state index contributed by atoms with van der Waals surface area (Å²) in [6, 6.07) is 16.4. The number of hydrogen-bond acceptors (Lipinski definition) is 3. The predicted octanol–water partition coefficient (Wildman–Crippen LogP) is 6.33. The SMILES string of the molecule is O=C1/C(=C/c2cccc(Cl)c2Cl)Oc2cc(OCc3ccccc3F)ccc21. The summed E-state index contributed by atoms with van der Waals surface area (Å²) in [7, 11) is 0. The van der Waals surface area contributed by atoms with Gasteiger partial charge in [-0.15, -0.1) is 0 Å². The third kappa shape index (κ3) is 3.61. The highest BCUT2D eigenvalue weighted by atomic mass is 35.5. The number of Topliss-reactive ketones (excluding diaryl/α,β-unsaturated/α-hetero) is 1. The van der Waals surface area contributed by atoms with Crippen LogP contribution in [0.4, 0.5) is 4.39 Å². The number of ether oxygens (including phenoxy) is 2. The lowest BCUT2D eigenvalue weighted by Crippen LogP contribution is -1.98. The Labute approximate surface area is 170 Å². The minimum Gasteiger partial charge on any atom is -0.489 e. The maximum Gasteiger partial charge on any atom is 0.231 e. The number of allylic oxidation sites excluding steroid dienone is 1. The molecule has 1 aliphatic rings. The summed E-state index contributed by atoms with van der Waals surface area (Å²) in [5.74, 6) is 0.396. The maximum atomic E-state index is 13.7. The molecule has 0 unspecified atom stereocenters. The van der Waals surface area contributed by atoms with Crippen molar-refractivity contribution in [3.05, 3.63) is 99.0 Å². The molecule has 3 aromatic carbocycles. The molecule has 0 aromatic heterocycles. The fraction of sp³-hybridized carbons (Fsp3) is 0.0455. The molecular weight excluding hydrogens is 402 g/mol. The first-order chi connectivity index (χ1) is 13.5. The Morgan fingerprint density at radius 3 is 2.68 bits per heavy atom. The van der Waals surface area contributed by atoms with Gasteiger partial charge in [0.2, 0.25) is 5.78 Å². The summed E-state index contributed by atoms with van der Waals surface area (Å²) < 4.78 is 25.0. The molecular formula is C22H13Cl2FO3. The van der Waals surface area contributed by atoms with Gasteiger partial charge in [0.25, 0.3) is 0 Å². The van der Waals surface area contributed by atoms with Crippen molar-refractivity contribution < 1.29 is 18.7 Å². The molecule has 0 N–H and O–H groups in total. The van der Waals surface area contributed by atoms with Crippen molar-refractivity contribution in [3.8, 4) is 11.5 Å². The molecule has 0 aliphatic carbocycles. The molecule has 0 bridgehead atoms. The Kier molecular flexibility index (Phi) is 5.07. The van der Waals surface area contributed by atoms with Crippen LogP contribution in [-0.4, -0.2) is 5.78 Å². The second-order valence-corrected chi connectivity index (χ2v) is 6.91. The molecule has 0 saturated heterocycles. The van der Waals surface area contributed by atoms with Crippen molar-refractivity contribution in [2.24, 2.45) is 0 Å². The average Bonchev–Trinajstić information content (AvgIpc) is 3.00. The first kappa shape index (κ1) is 18.5. The fourth-order valence-electron chi connectivity index (χ4n) is 2.81. The summed E-state index contributed by atoms with van der Waals surface area (Å²) >= 11 is 12.2. The van der Waals surface area contributed by atoms with Gasteiger partial charge < -0.3 is 9.47 Å². The zero-order chi connectivity index (χ0) is 19.7. The topological polar surface area (TPSA) is 35.5 Å². The number of carbonyl (C=O) groups is 1. The normalized spacial score (nSPS) is 14.1. The van der Waals surface area contributed by atoms with Crippen molar-refractivity contribution in [2.45, 2.75) is 6.61 Å². The van der Waals surface area contributed by atoms with Gasteiger partial charge in [-0.3, -0.25) is 4.79 Å². The average molecular weight is 415 g/mol. The minimum absolute atomic E-state index is 0.0697. The lowest BCUT2D eigenvalue weighted by atomic mass is 10.1. The van der Waals surface area contributed by atoms with Crippen molar-refractivity contribution >= 4 is 35.1 Å². The van der Waals surface area contributed by atoms with Crippen LogP contribution in [0, 0.1) is 5.82 Å². The van der Waals surface area contributed by atoms with Crippen LogP contribution in [0.5, 0.6) is 11.5 Å². The van der Waals surface area contributed by atoms with Crippen LogP contribution in [0.25, 0.3) is 6.08 Å². The van der Waals surface area contributed by atoms with Crippen LogP contribution in [0.15, 0.2) is 66.4 Å². The molecule has 1 aliphatic heterocycles. The Morgan fingerprint density at radius 2 is 1.86 bits per heavy atom. The first-order valence-electron chi connectivity index (χ1n) is 8.41. The van der Waals surface area contributed by atoms with Gasteiger partial charge >= 0.3 is 0 Å². The maximum absolute atomic E-state index is 13.7. The third-order valence-corrected chi connectivity index (χ3v) is 5.10. The Hall–Kier alpha value is -2.82. The lowest BCUT2D eigenvalue weighted by molar-refractivity contribution is 0.101. The molecule has 1 heterocycles.